The lowest BCUT2D eigenvalue weighted by atomic mass is 9.75. The first-order valence-corrected chi connectivity index (χ1v) is 14.8. The first kappa shape index (κ1) is 28.5. The molecule has 6 rings (SSSR count). The molecule has 0 bridgehead atoms. The number of rotatable bonds is 4. The second-order valence-electron chi connectivity index (χ2n) is 14.3. The average molecular weight is 548 g/mol. The van der Waals surface area contributed by atoms with Gasteiger partial charge in [-0.15, -0.1) is 0 Å². The van der Waals surface area contributed by atoms with Gasteiger partial charge in [0, 0.05) is 5.41 Å². The van der Waals surface area contributed by atoms with Gasteiger partial charge in [0.25, 0.3) is 0 Å². The molecule has 212 valence electrons. The van der Waals surface area contributed by atoms with Crippen LogP contribution in [0.25, 0.3) is 11.1 Å². The third-order valence-electron chi connectivity index (χ3n) is 10.2. The third-order valence-corrected chi connectivity index (χ3v) is 10.2. The van der Waals surface area contributed by atoms with Crippen LogP contribution in [-0.2, 0) is 24.0 Å². The Bertz CT molecular complexity index is 1480. The Kier molecular flexibility index (Phi) is 6.38. The molecule has 3 aliphatic rings. The Labute approximate surface area is 246 Å². The summed E-state index contributed by atoms with van der Waals surface area (Å²) < 4.78 is 25.3. The summed E-state index contributed by atoms with van der Waals surface area (Å²) in [4.78, 5) is 0. The van der Waals surface area contributed by atoms with E-state index in [2.05, 4.69) is 142 Å². The van der Waals surface area contributed by atoms with Crippen LogP contribution >= 0.6 is 0 Å². The van der Waals surface area contributed by atoms with Crippen LogP contribution in [0.15, 0.2) is 72.8 Å². The zero-order valence-corrected chi connectivity index (χ0v) is 26.2. The standard InChI is InChI=1S/C35H42B2O4/c1-31(2)28-14-12-11-13-27(28)29(23-15-19-25(20-16-23)36-38-32(3,4)33(5,6)39-36)30(31)24-17-21-26(22-18-24)37-40-34(7,8)35(9,10)41-37/h11-22H,1-10H3. The smallest absolute Gasteiger partial charge is 0.399 e. The van der Waals surface area contributed by atoms with Gasteiger partial charge < -0.3 is 18.6 Å². The zero-order chi connectivity index (χ0) is 29.6. The molecule has 0 amide bonds. The van der Waals surface area contributed by atoms with Crippen molar-refractivity contribution < 1.29 is 18.6 Å². The van der Waals surface area contributed by atoms with Crippen molar-refractivity contribution in [2.24, 2.45) is 0 Å². The van der Waals surface area contributed by atoms with Gasteiger partial charge in [-0.05, 0) is 99.7 Å². The van der Waals surface area contributed by atoms with E-state index in [0.29, 0.717) is 0 Å². The minimum Gasteiger partial charge on any atom is -0.399 e. The van der Waals surface area contributed by atoms with Crippen LogP contribution in [0.3, 0.4) is 0 Å². The average Bonchev–Trinajstić information content (AvgIpc) is 3.37. The van der Waals surface area contributed by atoms with Gasteiger partial charge in [0.05, 0.1) is 22.4 Å². The van der Waals surface area contributed by atoms with Crippen molar-refractivity contribution in [1.29, 1.82) is 0 Å². The van der Waals surface area contributed by atoms with Crippen molar-refractivity contribution in [2.45, 2.75) is 97.1 Å². The van der Waals surface area contributed by atoms with Gasteiger partial charge in [0.2, 0.25) is 0 Å². The van der Waals surface area contributed by atoms with E-state index in [-0.39, 0.29) is 42.1 Å². The van der Waals surface area contributed by atoms with Gasteiger partial charge in [0.1, 0.15) is 0 Å². The van der Waals surface area contributed by atoms with Crippen LogP contribution in [0.5, 0.6) is 0 Å². The van der Waals surface area contributed by atoms with Gasteiger partial charge in [-0.2, -0.15) is 0 Å². The summed E-state index contributed by atoms with van der Waals surface area (Å²) in [5.74, 6) is 0. The number of benzene rings is 3. The Morgan fingerprint density at radius 1 is 0.463 bits per heavy atom. The first-order chi connectivity index (χ1) is 19.0. The van der Waals surface area contributed by atoms with Crippen molar-refractivity contribution >= 4 is 36.3 Å². The predicted molar refractivity (Wildman–Crippen MR) is 170 cm³/mol. The van der Waals surface area contributed by atoms with E-state index in [9.17, 15) is 0 Å². The van der Waals surface area contributed by atoms with Crippen LogP contribution in [0.2, 0.25) is 0 Å². The van der Waals surface area contributed by atoms with Crippen LogP contribution in [0, 0.1) is 0 Å². The largest absolute Gasteiger partial charge is 0.494 e. The molecule has 2 fully saturated rings. The van der Waals surface area contributed by atoms with E-state index in [1.165, 1.54) is 33.4 Å². The molecular formula is C35H42B2O4. The fraction of sp³-hybridized carbons (Fsp3) is 0.429. The lowest BCUT2D eigenvalue weighted by Gasteiger charge is -2.32. The second-order valence-corrected chi connectivity index (χ2v) is 14.3. The van der Waals surface area contributed by atoms with Crippen LogP contribution in [0.4, 0.5) is 0 Å². The summed E-state index contributed by atoms with van der Waals surface area (Å²) in [6, 6.07) is 26.3. The highest BCUT2D eigenvalue weighted by Crippen LogP contribution is 2.53. The maximum Gasteiger partial charge on any atom is 0.494 e. The van der Waals surface area contributed by atoms with E-state index in [0.717, 1.165) is 10.9 Å². The number of allylic oxidation sites excluding steroid dienone is 1. The van der Waals surface area contributed by atoms with E-state index >= 15 is 0 Å². The molecule has 0 unspecified atom stereocenters. The summed E-state index contributed by atoms with van der Waals surface area (Å²) in [5.41, 5.74) is 8.05. The molecule has 0 radical (unpaired) electrons. The Balaban J connectivity index is 1.39. The Morgan fingerprint density at radius 2 is 0.854 bits per heavy atom. The maximum absolute atomic E-state index is 6.32. The van der Waals surface area contributed by atoms with Crippen LogP contribution in [-0.4, -0.2) is 36.6 Å². The molecule has 0 N–H and O–H groups in total. The van der Waals surface area contributed by atoms with E-state index in [1.807, 2.05) is 0 Å². The van der Waals surface area contributed by atoms with E-state index in [4.69, 9.17) is 18.6 Å². The molecule has 3 aromatic rings. The maximum atomic E-state index is 6.32. The summed E-state index contributed by atoms with van der Waals surface area (Å²) in [5, 5.41) is 0. The predicted octanol–water partition coefficient (Wildman–Crippen LogP) is 6.54. The third kappa shape index (κ3) is 4.46. The van der Waals surface area contributed by atoms with Crippen molar-refractivity contribution in [3.8, 4) is 0 Å². The highest BCUT2D eigenvalue weighted by Gasteiger charge is 2.53. The Morgan fingerprint density at radius 3 is 1.29 bits per heavy atom. The molecule has 0 spiro atoms. The molecule has 41 heavy (non-hydrogen) atoms. The monoisotopic (exact) mass is 548 g/mol. The van der Waals surface area contributed by atoms with Gasteiger partial charge >= 0.3 is 14.2 Å². The molecular weight excluding hydrogens is 506 g/mol. The Hall–Kier alpha value is -2.63. The quantitative estimate of drug-likeness (QED) is 0.348. The van der Waals surface area contributed by atoms with Crippen molar-refractivity contribution in [3.05, 3.63) is 95.1 Å². The van der Waals surface area contributed by atoms with Crippen molar-refractivity contribution in [3.63, 3.8) is 0 Å². The second kappa shape index (κ2) is 9.18. The normalized spacial score (nSPS) is 23.3. The minimum absolute atomic E-state index is 0.165. The SMILES string of the molecule is CC1(C)C(c2ccc(B3OC(C)(C)C(C)(C)O3)cc2)=C(c2ccc(B3OC(C)(C)C(C)(C)O3)cc2)c2ccccc21. The highest BCUT2D eigenvalue weighted by molar-refractivity contribution is 6.62. The topological polar surface area (TPSA) is 36.9 Å². The lowest BCUT2D eigenvalue weighted by molar-refractivity contribution is 0.00578. The molecule has 2 aliphatic heterocycles. The van der Waals surface area contributed by atoms with Crippen molar-refractivity contribution in [2.75, 3.05) is 0 Å². The van der Waals surface area contributed by atoms with E-state index in [1.54, 1.807) is 0 Å². The van der Waals surface area contributed by atoms with Gasteiger partial charge in [-0.1, -0.05) is 86.6 Å². The molecule has 0 aromatic heterocycles. The summed E-state index contributed by atoms with van der Waals surface area (Å²) >= 11 is 0. The minimum atomic E-state index is -0.377. The van der Waals surface area contributed by atoms with Crippen molar-refractivity contribution in [1.82, 2.24) is 0 Å². The molecule has 3 aromatic carbocycles. The highest BCUT2D eigenvalue weighted by atomic mass is 16.7. The summed E-state index contributed by atoms with van der Waals surface area (Å²) in [6.07, 6.45) is 0. The summed E-state index contributed by atoms with van der Waals surface area (Å²) in [6.45, 7) is 21.4. The molecule has 6 heteroatoms. The van der Waals surface area contributed by atoms with Gasteiger partial charge in [0.15, 0.2) is 0 Å². The first-order valence-electron chi connectivity index (χ1n) is 14.8. The fourth-order valence-corrected chi connectivity index (χ4v) is 6.21. The lowest BCUT2D eigenvalue weighted by Crippen LogP contribution is -2.41. The molecule has 4 nitrogen and oxygen atoms in total. The number of hydrogen-bond acceptors (Lipinski definition) is 4. The molecule has 0 atom stereocenters. The molecule has 1 aliphatic carbocycles. The number of fused-ring (bicyclic) bond motifs is 1. The fourth-order valence-electron chi connectivity index (χ4n) is 6.21. The van der Waals surface area contributed by atoms with Crippen LogP contribution in [0.1, 0.15) is 91.5 Å². The molecule has 2 heterocycles. The van der Waals surface area contributed by atoms with E-state index < -0.39 is 0 Å². The summed E-state index contributed by atoms with van der Waals surface area (Å²) in [7, 11) is -0.754. The number of hydrogen-bond donors (Lipinski definition) is 0. The van der Waals surface area contributed by atoms with Crippen LogP contribution < -0.4 is 10.9 Å². The van der Waals surface area contributed by atoms with Gasteiger partial charge in [-0.3, -0.25) is 0 Å². The molecule has 0 saturated carbocycles. The van der Waals surface area contributed by atoms with Gasteiger partial charge in [-0.25, -0.2) is 0 Å². The zero-order valence-electron chi connectivity index (χ0n) is 26.2. The molecule has 2 saturated heterocycles.